The summed E-state index contributed by atoms with van der Waals surface area (Å²) in [5.41, 5.74) is 5.53. The highest BCUT2D eigenvalue weighted by Crippen LogP contribution is 2.35. The number of primary amides is 1. The number of nitrogens with two attached hydrogens (primary N) is 1. The van der Waals surface area contributed by atoms with E-state index in [2.05, 4.69) is 0 Å². The number of hydrogen-bond acceptors (Lipinski definition) is 5. The summed E-state index contributed by atoms with van der Waals surface area (Å²) in [6, 6.07) is 2.79. The van der Waals surface area contributed by atoms with E-state index < -0.39 is 15.9 Å². The van der Waals surface area contributed by atoms with Crippen LogP contribution >= 0.6 is 0 Å². The maximum Gasteiger partial charge on any atom is 0.250 e. The van der Waals surface area contributed by atoms with Gasteiger partial charge in [-0.05, 0) is 13.0 Å². The van der Waals surface area contributed by atoms with Crippen molar-refractivity contribution >= 4 is 21.6 Å². The first-order valence-corrected chi connectivity index (χ1v) is 7.64. The number of carbonyl (C=O) groups is 1. The molecule has 20 heavy (non-hydrogen) atoms. The molecule has 0 saturated carbocycles. The summed E-state index contributed by atoms with van der Waals surface area (Å²) < 4.78 is 34.9. The quantitative estimate of drug-likeness (QED) is 0.829. The highest BCUT2D eigenvalue weighted by Gasteiger charge is 2.23. The molecule has 1 aromatic rings. The first kappa shape index (κ1) is 16.1. The lowest BCUT2D eigenvalue weighted by molar-refractivity contribution is 0.100. The fourth-order valence-electron chi connectivity index (χ4n) is 1.86. The molecule has 1 rings (SSSR count). The van der Waals surface area contributed by atoms with E-state index in [1.54, 1.807) is 6.92 Å². The number of carbonyl (C=O) groups excluding carboxylic acids is 1. The molecular formula is C12H18N2O5S. The average molecular weight is 302 g/mol. The van der Waals surface area contributed by atoms with Crippen molar-refractivity contribution in [1.82, 2.24) is 0 Å². The van der Waals surface area contributed by atoms with Crippen LogP contribution in [0.2, 0.25) is 0 Å². The maximum absolute atomic E-state index is 11.8. The molecule has 0 radical (unpaired) electrons. The van der Waals surface area contributed by atoms with Gasteiger partial charge in [0.05, 0.1) is 31.7 Å². The predicted molar refractivity (Wildman–Crippen MR) is 75.9 cm³/mol. The lowest BCUT2D eigenvalue weighted by atomic mass is 10.1. The Morgan fingerprint density at radius 1 is 1.25 bits per heavy atom. The first-order valence-electron chi connectivity index (χ1n) is 5.79. The zero-order valence-corrected chi connectivity index (χ0v) is 12.7. The summed E-state index contributed by atoms with van der Waals surface area (Å²) in [5, 5.41) is 0. The molecule has 0 saturated heterocycles. The zero-order valence-electron chi connectivity index (χ0n) is 11.8. The lowest BCUT2D eigenvalue weighted by Gasteiger charge is -2.23. The van der Waals surface area contributed by atoms with Crippen molar-refractivity contribution in [2.75, 3.05) is 31.3 Å². The average Bonchev–Trinajstić information content (AvgIpc) is 2.36. The van der Waals surface area contributed by atoms with E-state index in [-0.39, 0.29) is 17.8 Å². The van der Waals surface area contributed by atoms with Crippen LogP contribution in [0.4, 0.5) is 5.69 Å². The van der Waals surface area contributed by atoms with Crippen molar-refractivity contribution in [3.05, 3.63) is 17.7 Å². The molecule has 7 nitrogen and oxygen atoms in total. The Labute approximate surface area is 118 Å². The van der Waals surface area contributed by atoms with E-state index in [1.165, 1.54) is 26.4 Å². The monoisotopic (exact) mass is 302 g/mol. The van der Waals surface area contributed by atoms with Gasteiger partial charge in [0.25, 0.3) is 5.91 Å². The minimum Gasteiger partial charge on any atom is -0.493 e. The molecule has 0 heterocycles. The smallest absolute Gasteiger partial charge is 0.250 e. The van der Waals surface area contributed by atoms with Gasteiger partial charge in [0.1, 0.15) is 0 Å². The molecule has 0 aliphatic carbocycles. The van der Waals surface area contributed by atoms with E-state index in [9.17, 15) is 13.2 Å². The number of ether oxygens (including phenoxy) is 2. The van der Waals surface area contributed by atoms with Gasteiger partial charge < -0.3 is 15.2 Å². The summed E-state index contributed by atoms with van der Waals surface area (Å²) in [6.45, 7) is 1.82. The first-order chi connectivity index (χ1) is 9.26. The fourth-order valence-corrected chi connectivity index (χ4v) is 2.83. The molecule has 112 valence electrons. The second-order valence-electron chi connectivity index (χ2n) is 4.02. The number of methoxy groups -OCH3 is 2. The normalized spacial score (nSPS) is 11.0. The van der Waals surface area contributed by atoms with Crippen LogP contribution in [0.5, 0.6) is 11.5 Å². The van der Waals surface area contributed by atoms with Gasteiger partial charge in [-0.15, -0.1) is 0 Å². The fraction of sp³-hybridized carbons (Fsp3) is 0.417. The van der Waals surface area contributed by atoms with Crippen molar-refractivity contribution in [2.45, 2.75) is 6.92 Å². The second-order valence-corrected chi connectivity index (χ2v) is 5.92. The molecule has 0 spiro atoms. The number of nitrogens with zero attached hydrogens (tertiary/aromatic N) is 1. The molecule has 1 amide bonds. The molecule has 8 heteroatoms. The summed E-state index contributed by atoms with van der Waals surface area (Å²) in [7, 11) is -0.707. The molecule has 0 fully saturated rings. The number of rotatable bonds is 6. The molecule has 0 bridgehead atoms. The zero-order chi connectivity index (χ0) is 15.5. The molecular weight excluding hydrogens is 284 g/mol. The summed E-state index contributed by atoms with van der Waals surface area (Å²) >= 11 is 0. The molecule has 0 aliphatic rings. The standard InChI is InChI=1S/C12H18N2O5S/c1-5-14(20(4,16)17)9-7-11(19-3)10(18-2)6-8(9)12(13)15/h6-7H,5H2,1-4H3,(H2,13,15). The van der Waals surface area contributed by atoms with Gasteiger partial charge in [-0.2, -0.15) is 0 Å². The van der Waals surface area contributed by atoms with Crippen LogP contribution in [0.15, 0.2) is 12.1 Å². The van der Waals surface area contributed by atoms with Crippen LogP contribution in [-0.4, -0.2) is 41.3 Å². The number of amides is 1. The number of anilines is 1. The largest absolute Gasteiger partial charge is 0.493 e. The molecule has 0 aliphatic heterocycles. The van der Waals surface area contributed by atoms with Crippen LogP contribution < -0.4 is 19.5 Å². The van der Waals surface area contributed by atoms with Crippen LogP contribution in [0, 0.1) is 0 Å². The van der Waals surface area contributed by atoms with Crippen molar-refractivity contribution in [2.24, 2.45) is 5.73 Å². The van der Waals surface area contributed by atoms with Gasteiger partial charge in [-0.1, -0.05) is 0 Å². The molecule has 0 aromatic heterocycles. The van der Waals surface area contributed by atoms with Crippen LogP contribution in [0.1, 0.15) is 17.3 Å². The van der Waals surface area contributed by atoms with E-state index in [1.807, 2.05) is 0 Å². The van der Waals surface area contributed by atoms with Crippen molar-refractivity contribution in [3.8, 4) is 11.5 Å². The van der Waals surface area contributed by atoms with Gasteiger partial charge >= 0.3 is 0 Å². The van der Waals surface area contributed by atoms with Crippen LogP contribution in [0.25, 0.3) is 0 Å². The number of benzene rings is 1. The van der Waals surface area contributed by atoms with Crippen LogP contribution in [-0.2, 0) is 10.0 Å². The van der Waals surface area contributed by atoms with E-state index in [4.69, 9.17) is 15.2 Å². The highest BCUT2D eigenvalue weighted by atomic mass is 32.2. The van der Waals surface area contributed by atoms with Crippen LogP contribution in [0.3, 0.4) is 0 Å². The Kier molecular flexibility index (Phi) is 4.83. The minimum absolute atomic E-state index is 0.0509. The molecule has 0 atom stereocenters. The maximum atomic E-state index is 11.8. The third-order valence-electron chi connectivity index (χ3n) is 2.72. The van der Waals surface area contributed by atoms with Crippen molar-refractivity contribution in [1.29, 1.82) is 0 Å². The van der Waals surface area contributed by atoms with E-state index >= 15 is 0 Å². The Morgan fingerprint density at radius 2 is 1.75 bits per heavy atom. The van der Waals surface area contributed by atoms with Gasteiger partial charge in [0, 0.05) is 12.6 Å². The SMILES string of the molecule is CCN(c1cc(OC)c(OC)cc1C(N)=O)S(C)(=O)=O. The van der Waals surface area contributed by atoms with Gasteiger partial charge in [-0.3, -0.25) is 9.10 Å². The van der Waals surface area contributed by atoms with E-state index in [0.29, 0.717) is 11.5 Å². The highest BCUT2D eigenvalue weighted by molar-refractivity contribution is 7.92. The topological polar surface area (TPSA) is 98.9 Å². The molecule has 2 N–H and O–H groups in total. The third kappa shape index (κ3) is 3.13. The van der Waals surface area contributed by atoms with Crippen molar-refractivity contribution < 1.29 is 22.7 Å². The Hall–Kier alpha value is -1.96. The third-order valence-corrected chi connectivity index (χ3v) is 3.98. The number of hydrogen-bond donors (Lipinski definition) is 1. The van der Waals surface area contributed by atoms with Gasteiger partial charge in [0.2, 0.25) is 10.0 Å². The Balaban J connectivity index is 3.62. The molecule has 1 aromatic carbocycles. The predicted octanol–water partition coefficient (Wildman–Crippen LogP) is 0.589. The Morgan fingerprint density at radius 3 is 2.10 bits per heavy atom. The molecule has 0 unspecified atom stereocenters. The lowest BCUT2D eigenvalue weighted by Crippen LogP contribution is -2.31. The van der Waals surface area contributed by atoms with Gasteiger partial charge in [0.15, 0.2) is 11.5 Å². The van der Waals surface area contributed by atoms with Crippen molar-refractivity contribution in [3.63, 3.8) is 0 Å². The minimum atomic E-state index is -3.54. The Bertz CT molecular complexity index is 613. The van der Waals surface area contributed by atoms with E-state index in [0.717, 1.165) is 10.6 Å². The van der Waals surface area contributed by atoms with Gasteiger partial charge in [-0.25, -0.2) is 8.42 Å². The summed E-state index contributed by atoms with van der Waals surface area (Å²) in [5.74, 6) is -0.132. The summed E-state index contributed by atoms with van der Waals surface area (Å²) in [4.78, 5) is 11.5. The second kappa shape index (κ2) is 6.00. The number of sulfonamides is 1. The summed E-state index contributed by atoms with van der Waals surface area (Å²) in [6.07, 6.45) is 1.05.